The van der Waals surface area contributed by atoms with Crippen LogP contribution in [0.25, 0.3) is 0 Å². The highest BCUT2D eigenvalue weighted by Gasteiger charge is 2.39. The number of piperidine rings is 1. The van der Waals surface area contributed by atoms with Gasteiger partial charge in [0.1, 0.15) is 0 Å². The van der Waals surface area contributed by atoms with Crippen LogP contribution in [-0.4, -0.2) is 36.1 Å². The summed E-state index contributed by atoms with van der Waals surface area (Å²) in [5.74, 6) is 0. The van der Waals surface area contributed by atoms with Crippen LogP contribution in [0.3, 0.4) is 0 Å². The van der Waals surface area contributed by atoms with E-state index in [0.29, 0.717) is 0 Å². The molecule has 0 radical (unpaired) electrons. The van der Waals surface area contributed by atoms with Crippen molar-refractivity contribution in [3.63, 3.8) is 0 Å². The van der Waals surface area contributed by atoms with Gasteiger partial charge in [-0.2, -0.15) is 0 Å². The van der Waals surface area contributed by atoms with Crippen LogP contribution >= 0.6 is 0 Å². The molecule has 2 aliphatic rings. The van der Waals surface area contributed by atoms with Crippen LogP contribution < -0.4 is 5.32 Å². The molecule has 2 aliphatic heterocycles. The maximum atomic E-state index is 4.04. The molecule has 0 amide bonds. The Balaban J connectivity index is 1.94. The molecule has 1 N–H and O–H groups in total. The summed E-state index contributed by atoms with van der Waals surface area (Å²) in [6.07, 6.45) is 5.49. The molecular formula is C13H24N2. The Kier molecular flexibility index (Phi) is 3.47. The van der Waals surface area contributed by atoms with Gasteiger partial charge in [-0.25, -0.2) is 0 Å². The zero-order chi connectivity index (χ0) is 10.8. The molecule has 2 atom stereocenters. The third kappa shape index (κ3) is 2.43. The summed E-state index contributed by atoms with van der Waals surface area (Å²) in [6.45, 7) is 10.6. The molecule has 0 aromatic rings. The van der Waals surface area contributed by atoms with Crippen molar-refractivity contribution in [1.29, 1.82) is 0 Å². The molecule has 2 nitrogen and oxygen atoms in total. The van der Waals surface area contributed by atoms with E-state index in [1.165, 1.54) is 31.3 Å². The van der Waals surface area contributed by atoms with Gasteiger partial charge in [0.2, 0.25) is 0 Å². The third-order valence-corrected chi connectivity index (χ3v) is 3.83. The fourth-order valence-corrected chi connectivity index (χ4v) is 3.30. The normalized spacial score (nSPS) is 35.7. The summed E-state index contributed by atoms with van der Waals surface area (Å²) in [5.41, 5.74) is 1.31. The Morgan fingerprint density at radius 1 is 1.33 bits per heavy atom. The highest BCUT2D eigenvalue weighted by atomic mass is 15.2. The van der Waals surface area contributed by atoms with Crippen molar-refractivity contribution < 1.29 is 0 Å². The van der Waals surface area contributed by atoms with Gasteiger partial charge in [-0.05, 0) is 39.2 Å². The lowest BCUT2D eigenvalue weighted by Crippen LogP contribution is -2.49. The van der Waals surface area contributed by atoms with E-state index < -0.39 is 0 Å². The zero-order valence-electron chi connectivity index (χ0n) is 10.1. The van der Waals surface area contributed by atoms with Crippen LogP contribution in [0, 0.1) is 0 Å². The smallest absolute Gasteiger partial charge is 0.0193 e. The van der Waals surface area contributed by atoms with Crippen LogP contribution in [0.4, 0.5) is 0 Å². The molecular weight excluding hydrogens is 184 g/mol. The topological polar surface area (TPSA) is 15.3 Å². The molecule has 2 rings (SSSR count). The molecule has 86 valence electrons. The number of nitrogens with one attached hydrogen (secondary N) is 1. The van der Waals surface area contributed by atoms with E-state index in [1.54, 1.807) is 0 Å². The average Bonchev–Trinajstić information content (AvgIpc) is 2.43. The minimum atomic E-state index is 0.772. The number of hydrogen-bond acceptors (Lipinski definition) is 2. The summed E-state index contributed by atoms with van der Waals surface area (Å²) in [5, 5.41) is 3.61. The van der Waals surface area contributed by atoms with Crippen molar-refractivity contribution in [3.05, 3.63) is 12.2 Å². The molecule has 0 aliphatic carbocycles. The van der Waals surface area contributed by atoms with Crippen LogP contribution in [0.2, 0.25) is 0 Å². The highest BCUT2D eigenvalue weighted by Crippen LogP contribution is 2.35. The van der Waals surface area contributed by atoms with Crippen molar-refractivity contribution in [2.45, 2.75) is 57.7 Å². The largest absolute Gasteiger partial charge is 0.314 e. The molecule has 0 spiro atoms. The first-order chi connectivity index (χ1) is 7.20. The molecule has 2 heterocycles. The molecule has 0 aromatic heterocycles. The van der Waals surface area contributed by atoms with Gasteiger partial charge in [0.15, 0.2) is 0 Å². The Labute approximate surface area is 93.7 Å². The predicted molar refractivity (Wildman–Crippen MR) is 65.0 cm³/mol. The molecule has 0 saturated carbocycles. The van der Waals surface area contributed by atoms with E-state index in [1.807, 2.05) is 0 Å². The van der Waals surface area contributed by atoms with Gasteiger partial charge in [-0.1, -0.05) is 19.1 Å². The van der Waals surface area contributed by atoms with Crippen LogP contribution in [0.1, 0.15) is 39.5 Å². The Morgan fingerprint density at radius 3 is 2.40 bits per heavy atom. The molecule has 2 heteroatoms. The van der Waals surface area contributed by atoms with Crippen LogP contribution in [-0.2, 0) is 0 Å². The third-order valence-electron chi connectivity index (χ3n) is 3.83. The summed E-state index contributed by atoms with van der Waals surface area (Å²) in [7, 11) is 0. The Bertz CT molecular complexity index is 223. The number of fused-ring (bicyclic) bond motifs is 2. The number of hydrogen-bond donors (Lipinski definition) is 1. The lowest BCUT2D eigenvalue weighted by molar-refractivity contribution is 0.129. The SMILES string of the molecule is C=C(C)CN1C2CCC1CC(NCC)C2. The van der Waals surface area contributed by atoms with E-state index >= 15 is 0 Å². The quantitative estimate of drug-likeness (QED) is 0.712. The zero-order valence-corrected chi connectivity index (χ0v) is 10.1. The summed E-state index contributed by atoms with van der Waals surface area (Å²) < 4.78 is 0. The summed E-state index contributed by atoms with van der Waals surface area (Å²) >= 11 is 0. The second-order valence-electron chi connectivity index (χ2n) is 5.24. The second kappa shape index (κ2) is 4.67. The molecule has 2 unspecified atom stereocenters. The van der Waals surface area contributed by atoms with Crippen LogP contribution in [0.5, 0.6) is 0 Å². The fraction of sp³-hybridized carbons (Fsp3) is 0.846. The van der Waals surface area contributed by atoms with Crippen molar-refractivity contribution >= 4 is 0 Å². The first-order valence-electron chi connectivity index (χ1n) is 6.34. The summed E-state index contributed by atoms with van der Waals surface area (Å²) in [4.78, 5) is 2.69. The highest BCUT2D eigenvalue weighted by molar-refractivity contribution is 5.03. The first kappa shape index (κ1) is 11.2. The molecule has 2 bridgehead atoms. The van der Waals surface area contributed by atoms with E-state index in [0.717, 1.165) is 31.2 Å². The predicted octanol–water partition coefficient (Wildman–Crippen LogP) is 2.17. The van der Waals surface area contributed by atoms with Gasteiger partial charge in [0.25, 0.3) is 0 Å². The van der Waals surface area contributed by atoms with Crippen molar-refractivity contribution in [2.75, 3.05) is 13.1 Å². The minimum absolute atomic E-state index is 0.772. The minimum Gasteiger partial charge on any atom is -0.314 e. The molecule has 0 aromatic carbocycles. The standard InChI is InChI=1S/C13H24N2/c1-4-14-11-7-12-5-6-13(8-11)15(12)9-10(2)3/h11-14H,2,4-9H2,1,3H3. The molecule has 15 heavy (non-hydrogen) atoms. The van der Waals surface area contributed by atoms with Gasteiger partial charge in [0, 0.05) is 24.7 Å². The monoisotopic (exact) mass is 208 g/mol. The van der Waals surface area contributed by atoms with Crippen molar-refractivity contribution in [2.24, 2.45) is 0 Å². The van der Waals surface area contributed by atoms with E-state index in [9.17, 15) is 0 Å². The lowest BCUT2D eigenvalue weighted by Gasteiger charge is -2.39. The van der Waals surface area contributed by atoms with Gasteiger partial charge in [-0.15, -0.1) is 0 Å². The van der Waals surface area contributed by atoms with Crippen molar-refractivity contribution in [1.82, 2.24) is 10.2 Å². The summed E-state index contributed by atoms with van der Waals surface area (Å²) in [6, 6.07) is 2.42. The Morgan fingerprint density at radius 2 is 1.93 bits per heavy atom. The Hall–Kier alpha value is -0.340. The number of rotatable bonds is 4. The lowest BCUT2D eigenvalue weighted by atomic mass is 9.97. The maximum absolute atomic E-state index is 4.04. The maximum Gasteiger partial charge on any atom is 0.0193 e. The fourth-order valence-electron chi connectivity index (χ4n) is 3.30. The second-order valence-corrected chi connectivity index (χ2v) is 5.24. The van der Waals surface area contributed by atoms with E-state index in [-0.39, 0.29) is 0 Å². The number of nitrogens with zero attached hydrogens (tertiary/aromatic N) is 1. The van der Waals surface area contributed by atoms with Crippen molar-refractivity contribution in [3.8, 4) is 0 Å². The van der Waals surface area contributed by atoms with Gasteiger partial charge < -0.3 is 5.32 Å². The molecule has 2 fully saturated rings. The van der Waals surface area contributed by atoms with Gasteiger partial charge in [-0.3, -0.25) is 4.90 Å². The average molecular weight is 208 g/mol. The first-order valence-corrected chi connectivity index (χ1v) is 6.34. The van der Waals surface area contributed by atoms with Gasteiger partial charge >= 0.3 is 0 Å². The van der Waals surface area contributed by atoms with E-state index in [4.69, 9.17) is 0 Å². The van der Waals surface area contributed by atoms with E-state index in [2.05, 4.69) is 30.6 Å². The van der Waals surface area contributed by atoms with Crippen LogP contribution in [0.15, 0.2) is 12.2 Å². The molecule has 2 saturated heterocycles. The van der Waals surface area contributed by atoms with Gasteiger partial charge in [0.05, 0.1) is 0 Å².